The number of nitrogens with zero attached hydrogens (tertiary/aromatic N) is 3. The molecule has 0 spiro atoms. The maximum atomic E-state index is 10.5. The first-order chi connectivity index (χ1) is 11.6. The van der Waals surface area contributed by atoms with E-state index in [1.54, 1.807) is 17.6 Å². The summed E-state index contributed by atoms with van der Waals surface area (Å²) in [5.41, 5.74) is 2.05. The molecular formula is C18H23N3O2S. The molecule has 24 heavy (non-hydrogen) atoms. The molecule has 0 saturated carbocycles. The molecule has 0 radical (unpaired) electrons. The van der Waals surface area contributed by atoms with Crippen molar-refractivity contribution in [2.75, 3.05) is 6.54 Å². The normalized spacial score (nSPS) is 12.8. The fraction of sp³-hybridized carbons (Fsp3) is 0.389. The summed E-state index contributed by atoms with van der Waals surface area (Å²) in [7, 11) is 0. The molecule has 0 bridgehead atoms. The van der Waals surface area contributed by atoms with Crippen LogP contribution >= 0.6 is 11.3 Å². The van der Waals surface area contributed by atoms with Gasteiger partial charge in [0.05, 0.1) is 31.2 Å². The maximum Gasteiger partial charge on any atom is 0.117 e. The molecular weight excluding hydrogens is 322 g/mol. The predicted molar refractivity (Wildman–Crippen MR) is 94.8 cm³/mol. The van der Waals surface area contributed by atoms with E-state index < -0.39 is 6.10 Å². The van der Waals surface area contributed by atoms with Crippen LogP contribution in [-0.4, -0.2) is 32.4 Å². The van der Waals surface area contributed by atoms with Gasteiger partial charge in [-0.1, -0.05) is 6.07 Å². The van der Waals surface area contributed by atoms with Gasteiger partial charge < -0.3 is 9.52 Å². The minimum absolute atomic E-state index is 0.488. The van der Waals surface area contributed by atoms with Gasteiger partial charge in [0.2, 0.25) is 0 Å². The molecule has 1 unspecified atom stereocenters. The molecule has 3 aromatic rings. The Labute approximate surface area is 146 Å². The van der Waals surface area contributed by atoms with Gasteiger partial charge in [0.1, 0.15) is 5.76 Å². The summed E-state index contributed by atoms with van der Waals surface area (Å²) in [5, 5.41) is 17.0. The lowest BCUT2D eigenvalue weighted by molar-refractivity contribution is 0.0844. The topological polar surface area (TPSA) is 54.4 Å². The SMILES string of the molecule is Cc1cc(C)n(CC(O)CN(Cc2ccco2)Cc2cccs2)n1. The number of aryl methyl sites for hydroxylation is 2. The van der Waals surface area contributed by atoms with E-state index in [1.807, 2.05) is 36.7 Å². The van der Waals surface area contributed by atoms with Gasteiger partial charge in [0.15, 0.2) is 0 Å². The lowest BCUT2D eigenvalue weighted by Crippen LogP contribution is -2.34. The van der Waals surface area contributed by atoms with Crippen LogP contribution in [0.25, 0.3) is 0 Å². The van der Waals surface area contributed by atoms with Crippen LogP contribution in [0, 0.1) is 13.8 Å². The van der Waals surface area contributed by atoms with Gasteiger partial charge in [0.25, 0.3) is 0 Å². The first kappa shape index (κ1) is 17.0. The zero-order valence-corrected chi connectivity index (χ0v) is 14.9. The maximum absolute atomic E-state index is 10.5. The molecule has 0 fully saturated rings. The molecule has 0 aliphatic heterocycles. The number of aliphatic hydroxyl groups excluding tert-OH is 1. The molecule has 0 aromatic carbocycles. The Bertz CT molecular complexity index is 698. The largest absolute Gasteiger partial charge is 0.468 e. The Morgan fingerprint density at radius 2 is 2.17 bits per heavy atom. The number of rotatable bonds is 8. The predicted octanol–water partition coefficient (Wildman–Crippen LogP) is 3.22. The third-order valence-electron chi connectivity index (χ3n) is 3.88. The first-order valence-corrected chi connectivity index (χ1v) is 8.94. The highest BCUT2D eigenvalue weighted by Crippen LogP contribution is 2.15. The Morgan fingerprint density at radius 1 is 1.29 bits per heavy atom. The van der Waals surface area contributed by atoms with Crippen LogP contribution in [0.3, 0.4) is 0 Å². The summed E-state index contributed by atoms with van der Waals surface area (Å²) in [6.07, 6.45) is 1.20. The summed E-state index contributed by atoms with van der Waals surface area (Å²) in [5.74, 6) is 0.907. The van der Waals surface area contributed by atoms with Crippen LogP contribution in [0.1, 0.15) is 22.0 Å². The molecule has 1 N–H and O–H groups in total. The summed E-state index contributed by atoms with van der Waals surface area (Å²) in [6.45, 7) is 6.52. The van der Waals surface area contributed by atoms with E-state index in [2.05, 4.69) is 27.5 Å². The smallest absolute Gasteiger partial charge is 0.117 e. The summed E-state index contributed by atoms with van der Waals surface area (Å²) in [4.78, 5) is 3.49. The number of aliphatic hydroxyl groups is 1. The number of hydrogen-bond donors (Lipinski definition) is 1. The third-order valence-corrected chi connectivity index (χ3v) is 4.74. The molecule has 1 atom stereocenters. The van der Waals surface area contributed by atoms with Crippen molar-refractivity contribution >= 4 is 11.3 Å². The first-order valence-electron chi connectivity index (χ1n) is 8.06. The fourth-order valence-electron chi connectivity index (χ4n) is 2.85. The Kier molecular flexibility index (Phi) is 5.50. The second-order valence-corrected chi connectivity index (χ2v) is 7.12. The number of aromatic nitrogens is 2. The highest BCUT2D eigenvalue weighted by molar-refractivity contribution is 7.09. The Morgan fingerprint density at radius 3 is 2.79 bits per heavy atom. The van der Waals surface area contributed by atoms with Crippen LogP contribution in [0.5, 0.6) is 0 Å². The van der Waals surface area contributed by atoms with Crippen molar-refractivity contribution in [2.45, 2.75) is 39.6 Å². The molecule has 0 amide bonds. The Hall–Kier alpha value is -1.89. The van der Waals surface area contributed by atoms with E-state index in [0.717, 1.165) is 23.7 Å². The van der Waals surface area contributed by atoms with Crippen LogP contribution < -0.4 is 0 Å². The van der Waals surface area contributed by atoms with E-state index >= 15 is 0 Å². The quantitative estimate of drug-likeness (QED) is 0.681. The van der Waals surface area contributed by atoms with Crippen LogP contribution in [0.2, 0.25) is 0 Å². The van der Waals surface area contributed by atoms with Crippen molar-refractivity contribution < 1.29 is 9.52 Å². The summed E-state index contributed by atoms with van der Waals surface area (Å²) >= 11 is 1.73. The van der Waals surface area contributed by atoms with Gasteiger partial charge in [-0.15, -0.1) is 11.3 Å². The average molecular weight is 345 g/mol. The van der Waals surface area contributed by atoms with Crippen molar-refractivity contribution in [1.82, 2.24) is 14.7 Å². The number of furan rings is 1. The minimum Gasteiger partial charge on any atom is -0.468 e. The van der Waals surface area contributed by atoms with Gasteiger partial charge in [-0.05, 0) is 43.5 Å². The van der Waals surface area contributed by atoms with Crippen LogP contribution in [0.15, 0.2) is 46.4 Å². The lowest BCUT2D eigenvalue weighted by atomic mass is 10.2. The molecule has 3 rings (SSSR count). The van der Waals surface area contributed by atoms with Crippen molar-refractivity contribution in [3.8, 4) is 0 Å². The highest BCUT2D eigenvalue weighted by atomic mass is 32.1. The van der Waals surface area contributed by atoms with Crippen LogP contribution in [0.4, 0.5) is 0 Å². The van der Waals surface area contributed by atoms with Gasteiger partial charge >= 0.3 is 0 Å². The molecule has 3 aromatic heterocycles. The third kappa shape index (κ3) is 4.56. The number of thiophene rings is 1. The monoisotopic (exact) mass is 345 g/mol. The van der Waals surface area contributed by atoms with Gasteiger partial charge in [-0.25, -0.2) is 0 Å². The van der Waals surface area contributed by atoms with Gasteiger partial charge in [-0.3, -0.25) is 9.58 Å². The van der Waals surface area contributed by atoms with E-state index in [9.17, 15) is 5.11 Å². The van der Waals surface area contributed by atoms with Crippen molar-refractivity contribution in [3.05, 3.63) is 64.0 Å². The average Bonchev–Trinajstić information content (AvgIpc) is 3.24. The van der Waals surface area contributed by atoms with Crippen LogP contribution in [-0.2, 0) is 19.6 Å². The van der Waals surface area contributed by atoms with E-state index in [1.165, 1.54) is 4.88 Å². The van der Waals surface area contributed by atoms with E-state index in [-0.39, 0.29) is 0 Å². The van der Waals surface area contributed by atoms with Gasteiger partial charge in [0, 0.05) is 23.7 Å². The minimum atomic E-state index is -0.488. The summed E-state index contributed by atoms with van der Waals surface area (Å²) < 4.78 is 7.34. The zero-order valence-electron chi connectivity index (χ0n) is 14.1. The number of hydrogen-bond acceptors (Lipinski definition) is 5. The molecule has 128 valence electrons. The van der Waals surface area contributed by atoms with Crippen molar-refractivity contribution in [1.29, 1.82) is 0 Å². The van der Waals surface area contributed by atoms with Crippen molar-refractivity contribution in [2.24, 2.45) is 0 Å². The van der Waals surface area contributed by atoms with E-state index in [0.29, 0.717) is 19.6 Å². The summed E-state index contributed by atoms with van der Waals surface area (Å²) in [6, 6.07) is 10.1. The molecule has 0 aliphatic carbocycles. The zero-order chi connectivity index (χ0) is 16.9. The highest BCUT2D eigenvalue weighted by Gasteiger charge is 2.16. The fourth-order valence-corrected chi connectivity index (χ4v) is 3.59. The van der Waals surface area contributed by atoms with Crippen molar-refractivity contribution in [3.63, 3.8) is 0 Å². The molecule has 5 nitrogen and oxygen atoms in total. The second-order valence-electron chi connectivity index (χ2n) is 6.09. The van der Waals surface area contributed by atoms with Gasteiger partial charge in [-0.2, -0.15) is 5.10 Å². The Balaban J connectivity index is 1.64. The molecule has 3 heterocycles. The van der Waals surface area contributed by atoms with E-state index in [4.69, 9.17) is 4.42 Å². The lowest BCUT2D eigenvalue weighted by Gasteiger charge is -2.24. The standard InChI is InChI=1S/C18H23N3O2S/c1-14-9-15(2)21(19-14)11-16(22)10-20(12-17-5-3-7-23-17)13-18-6-4-8-24-18/h3-9,16,22H,10-13H2,1-2H3. The molecule has 0 saturated heterocycles. The molecule has 6 heteroatoms. The molecule has 0 aliphatic rings. The second kappa shape index (κ2) is 7.79.